The van der Waals surface area contributed by atoms with Crippen LogP contribution >= 0.6 is 0 Å². The van der Waals surface area contributed by atoms with Gasteiger partial charge in [0.1, 0.15) is 11.7 Å². The summed E-state index contributed by atoms with van der Waals surface area (Å²) >= 11 is 0. The number of carbonyl (C=O) groups is 2. The fourth-order valence-corrected chi connectivity index (χ4v) is 11.2. The number of ether oxygens (including phenoxy) is 2. The normalized spacial score (nSPS) is 26.2. The summed E-state index contributed by atoms with van der Waals surface area (Å²) in [4.78, 5) is 37.4. The summed E-state index contributed by atoms with van der Waals surface area (Å²) in [5.74, 6) is 0.717. The molecule has 5 heterocycles. The third-order valence-electron chi connectivity index (χ3n) is 15.4. The molecule has 0 aromatic carbocycles. The summed E-state index contributed by atoms with van der Waals surface area (Å²) in [5, 5.41) is 34.6. The van der Waals surface area contributed by atoms with E-state index in [0.717, 1.165) is 70.8 Å². The maximum atomic E-state index is 13.7. The number of allylic oxidation sites excluding steroid dienone is 3. The number of aliphatic hydroxyl groups excluding tert-OH is 2. The Hall–Kier alpha value is -3.41. The molecular weight excluding hydrogens is 837 g/mol. The van der Waals surface area contributed by atoms with Crippen LogP contribution in [0.3, 0.4) is 0 Å². The van der Waals surface area contributed by atoms with Crippen LogP contribution in [0.1, 0.15) is 186 Å². The molecule has 6 rings (SSSR count). The van der Waals surface area contributed by atoms with Crippen molar-refractivity contribution in [1.29, 1.82) is 0 Å². The molecule has 2 fully saturated rings. The summed E-state index contributed by atoms with van der Waals surface area (Å²) in [5.41, 5.74) is 7.62. The number of aliphatic hydroxyl groups is 2. The first kappa shape index (κ1) is 53.5. The summed E-state index contributed by atoms with van der Waals surface area (Å²) in [7, 11) is 1.33. The molecule has 2 N–H and O–H groups in total. The van der Waals surface area contributed by atoms with Gasteiger partial charge < -0.3 is 40.3 Å². The van der Waals surface area contributed by atoms with Gasteiger partial charge in [-0.1, -0.05) is 161 Å². The van der Waals surface area contributed by atoms with Gasteiger partial charge in [-0.3, -0.25) is 9.59 Å². The van der Waals surface area contributed by atoms with Gasteiger partial charge in [-0.05, 0) is 86.5 Å². The number of carbonyl (C=O) groups excluding carboxylic acids is 2. The number of methoxy groups -OCH3 is 1. The van der Waals surface area contributed by atoms with Crippen LogP contribution in [-0.4, -0.2) is 65.0 Å². The molecule has 1 aliphatic carbocycles. The second kappa shape index (κ2) is 23.7. The van der Waals surface area contributed by atoms with E-state index in [9.17, 15) is 19.8 Å². The van der Waals surface area contributed by atoms with E-state index in [0.29, 0.717) is 52.2 Å². The molecule has 2 unspecified atom stereocenters. The van der Waals surface area contributed by atoms with Crippen LogP contribution in [0.2, 0.25) is 0 Å². The third kappa shape index (κ3) is 12.1. The van der Waals surface area contributed by atoms with E-state index < -0.39 is 24.0 Å². The number of hydrogen-bond acceptors (Lipinski definition) is 6. The van der Waals surface area contributed by atoms with Crippen LogP contribution in [0, 0.1) is 67.1 Å². The van der Waals surface area contributed by atoms with Crippen LogP contribution in [0.4, 0.5) is 0 Å². The molecule has 11 heteroatoms. The van der Waals surface area contributed by atoms with E-state index in [1.165, 1.54) is 58.5 Å². The molecule has 10 atom stereocenters. The minimum absolute atomic E-state index is 0. The molecule has 0 radical (unpaired) electrons. The van der Waals surface area contributed by atoms with Gasteiger partial charge in [0, 0.05) is 11.6 Å². The second-order valence-corrected chi connectivity index (χ2v) is 20.9. The Morgan fingerprint density at radius 3 is 1.92 bits per heavy atom. The monoisotopic (exact) mass is 917 g/mol. The van der Waals surface area contributed by atoms with Crippen molar-refractivity contribution < 1.29 is 29.3 Å². The Morgan fingerprint density at radius 2 is 1.33 bits per heavy atom. The van der Waals surface area contributed by atoms with Gasteiger partial charge in [0.2, 0.25) is 0 Å². The largest absolute Gasteiger partial charge is 2.00 e. The fourth-order valence-electron chi connectivity index (χ4n) is 11.2. The van der Waals surface area contributed by atoms with Crippen molar-refractivity contribution in [1.82, 2.24) is 9.97 Å². The van der Waals surface area contributed by atoms with Gasteiger partial charge in [0.25, 0.3) is 0 Å². The number of esters is 2. The fraction of sp³-hybridized carbons (Fsp3) is 0.673. The molecule has 10 nitrogen and oxygen atoms in total. The summed E-state index contributed by atoms with van der Waals surface area (Å²) in [6, 6.07) is -0.586. The van der Waals surface area contributed by atoms with Crippen molar-refractivity contribution in [3.05, 3.63) is 72.1 Å². The van der Waals surface area contributed by atoms with E-state index in [1.807, 2.05) is 32.1 Å². The van der Waals surface area contributed by atoms with Crippen molar-refractivity contribution >= 4 is 64.6 Å². The van der Waals surface area contributed by atoms with Crippen molar-refractivity contribution in [3.63, 3.8) is 0 Å². The molecule has 3 aliphatic heterocycles. The number of aromatic nitrogens is 2. The van der Waals surface area contributed by atoms with Crippen molar-refractivity contribution in [3.8, 4) is 0 Å². The van der Waals surface area contributed by atoms with Crippen molar-refractivity contribution in [2.75, 3.05) is 13.7 Å². The molecular formula is C55H80MgN4O6-2. The number of rotatable bonds is 21. The molecule has 0 saturated carbocycles. The molecule has 4 aliphatic rings. The molecule has 360 valence electrons. The number of fused-ring (bicyclic) bond motifs is 8. The Bertz CT molecular complexity index is 2230. The first-order chi connectivity index (χ1) is 30.9. The average molecular weight is 918 g/mol. The van der Waals surface area contributed by atoms with Crippen LogP contribution in [0.15, 0.2) is 17.1 Å². The number of nitrogens with zero attached hydrogens (tertiary/aromatic N) is 4. The molecule has 2 saturated heterocycles. The molecule has 0 amide bonds. The summed E-state index contributed by atoms with van der Waals surface area (Å²) in [6.07, 6.45) is 19.2. The van der Waals surface area contributed by atoms with E-state index in [2.05, 4.69) is 55.4 Å². The standard InChI is InChI=1S/C55H80N4O6.Mg/c1-13-39-34(7)41-29-46-48(38(11)60)36(9)43(57-46)27-42-35(8)40(52(58-42)50-51(55(63)64-12)54(62)49-37(10)44(59-53(49)50)28-45(39)56-41)23-24-47(61)65-26-25-33(6)22-16-21-32(5)20-15-19-31(4)18-14-17-30(2)3;/h27-35,38-40,51-52,60,62H,13-26H2,1-12H3;/q-4;+2/b41-29-,42-27-,45-28-;/t31-,32-,33?,34+,35-,38?,39+,40-,51+,52-;/m0./s1. The Labute approximate surface area is 412 Å². The van der Waals surface area contributed by atoms with Gasteiger partial charge in [-0.25, -0.2) is 0 Å². The van der Waals surface area contributed by atoms with E-state index in [4.69, 9.17) is 30.1 Å². The summed E-state index contributed by atoms with van der Waals surface area (Å²) in [6.45, 7) is 24.2. The van der Waals surface area contributed by atoms with E-state index in [-0.39, 0.29) is 64.9 Å². The minimum atomic E-state index is -1.08. The van der Waals surface area contributed by atoms with Gasteiger partial charge in [0.15, 0.2) is 0 Å². The van der Waals surface area contributed by atoms with Gasteiger partial charge in [0.05, 0.1) is 19.8 Å². The first-order valence-corrected chi connectivity index (χ1v) is 25.2. The zero-order chi connectivity index (χ0) is 47.3. The zero-order valence-corrected chi connectivity index (χ0v) is 43.9. The molecule has 2 aromatic heterocycles. The molecule has 2 aromatic rings. The molecule has 0 spiro atoms. The predicted molar refractivity (Wildman–Crippen MR) is 268 cm³/mol. The minimum Gasteiger partial charge on any atom is -0.681 e. The number of hydrogen-bond donors (Lipinski definition) is 2. The predicted octanol–water partition coefficient (Wildman–Crippen LogP) is 11.1. The Morgan fingerprint density at radius 1 is 0.758 bits per heavy atom. The quantitative estimate of drug-likeness (QED) is 0.0928. The molecule has 8 bridgehead atoms. The maximum Gasteiger partial charge on any atom is 2.00 e. The van der Waals surface area contributed by atoms with Gasteiger partial charge in [-0.15, -0.1) is 22.4 Å². The Kier molecular flexibility index (Phi) is 19.3. The van der Waals surface area contributed by atoms with E-state index >= 15 is 0 Å². The van der Waals surface area contributed by atoms with Gasteiger partial charge >= 0.3 is 35.0 Å². The summed E-state index contributed by atoms with van der Waals surface area (Å²) < 4.78 is 11.2. The van der Waals surface area contributed by atoms with Crippen molar-refractivity contribution in [2.45, 2.75) is 172 Å². The van der Waals surface area contributed by atoms with Crippen LogP contribution in [0.25, 0.3) is 40.2 Å². The maximum absolute atomic E-state index is 13.7. The van der Waals surface area contributed by atoms with Crippen LogP contribution < -0.4 is 20.5 Å². The van der Waals surface area contributed by atoms with Crippen molar-refractivity contribution in [2.24, 2.45) is 53.3 Å². The van der Waals surface area contributed by atoms with Gasteiger partial charge in [-0.2, -0.15) is 17.1 Å². The van der Waals surface area contributed by atoms with Crippen LogP contribution in [-0.2, 0) is 19.1 Å². The molecule has 66 heavy (non-hydrogen) atoms. The average Bonchev–Trinajstić information content (AvgIpc) is 4.00. The SMILES string of the molecule is CC[C@H]1/C2=C/c3[n-]c4c(c3C)=C(O)[C@H](C(=O)OC)C=4[C@H]3[N-]/C(=C\c4[n-]c(c(C(C)O)c4C)/C=C(\[N-]2)[C@@H]1C)[C@@H](C)[C@@H]3CCC(=O)OCCC(C)CCC[C@@H](C)CCC[C@@H](C)CCCC(C)C.[Mg+2]. The topological polar surface area (TPSA) is 149 Å². The zero-order valence-electron chi connectivity index (χ0n) is 42.5. The smallest absolute Gasteiger partial charge is 0.681 e. The third-order valence-corrected chi connectivity index (χ3v) is 15.4. The Balaban J connectivity index is 0.00000817. The second-order valence-electron chi connectivity index (χ2n) is 20.9. The van der Waals surface area contributed by atoms with Crippen LogP contribution in [0.5, 0.6) is 0 Å². The van der Waals surface area contributed by atoms with E-state index in [1.54, 1.807) is 6.92 Å². The first-order valence-electron chi connectivity index (χ1n) is 25.2.